The number of hydrogen-bond donors (Lipinski definition) is 1. The van der Waals surface area contributed by atoms with Crippen LogP contribution in [0.2, 0.25) is 5.02 Å². The van der Waals surface area contributed by atoms with E-state index < -0.39 is 0 Å². The van der Waals surface area contributed by atoms with Gasteiger partial charge in [0.2, 0.25) is 5.91 Å². The van der Waals surface area contributed by atoms with Gasteiger partial charge in [0.1, 0.15) is 5.52 Å². The highest BCUT2D eigenvalue weighted by Crippen LogP contribution is 2.31. The van der Waals surface area contributed by atoms with Gasteiger partial charge in [-0.05, 0) is 89.9 Å². The number of piperidine rings is 1. The van der Waals surface area contributed by atoms with Crippen LogP contribution in [0, 0.1) is 19.8 Å². The van der Waals surface area contributed by atoms with Crippen molar-refractivity contribution in [3.05, 3.63) is 40.7 Å². The highest BCUT2D eigenvalue weighted by molar-refractivity contribution is 6.30. The Morgan fingerprint density at radius 3 is 2.63 bits per heavy atom. The zero-order chi connectivity index (χ0) is 24.4. The first-order valence-corrected chi connectivity index (χ1v) is 13.1. The topological polar surface area (TPSA) is 79.2 Å². The fourth-order valence-corrected chi connectivity index (χ4v) is 5.53. The Morgan fingerprint density at radius 1 is 1.09 bits per heavy atom. The van der Waals surface area contributed by atoms with Gasteiger partial charge < -0.3 is 15.1 Å². The van der Waals surface area contributed by atoms with Crippen LogP contribution in [-0.2, 0) is 4.79 Å². The summed E-state index contributed by atoms with van der Waals surface area (Å²) in [7, 11) is 0. The van der Waals surface area contributed by atoms with Gasteiger partial charge in [-0.3, -0.25) is 4.79 Å². The van der Waals surface area contributed by atoms with E-state index in [0.29, 0.717) is 11.6 Å². The van der Waals surface area contributed by atoms with Gasteiger partial charge in [0.25, 0.3) is 0 Å². The van der Waals surface area contributed by atoms with Crippen molar-refractivity contribution in [2.24, 2.45) is 5.92 Å². The number of nitrogens with zero attached hydrogens (tertiary/aromatic N) is 6. The molecule has 4 heterocycles. The molecule has 0 saturated carbocycles. The summed E-state index contributed by atoms with van der Waals surface area (Å²) in [6.45, 7) is 9.71. The summed E-state index contributed by atoms with van der Waals surface area (Å²) < 4.78 is 1.93. The molecular formula is C26H34ClN7O. The van der Waals surface area contributed by atoms with Crippen molar-refractivity contribution in [2.75, 3.05) is 44.2 Å². The second-order valence-electron chi connectivity index (χ2n) is 9.78. The van der Waals surface area contributed by atoms with Crippen molar-refractivity contribution in [1.29, 1.82) is 0 Å². The van der Waals surface area contributed by atoms with E-state index in [4.69, 9.17) is 16.7 Å². The first-order chi connectivity index (χ1) is 17.0. The lowest BCUT2D eigenvalue weighted by Crippen LogP contribution is -2.44. The van der Waals surface area contributed by atoms with Crippen LogP contribution in [-0.4, -0.2) is 70.1 Å². The Bertz CT molecular complexity index is 1190. The molecule has 1 aromatic carbocycles. The van der Waals surface area contributed by atoms with Gasteiger partial charge in [-0.15, -0.1) is 5.10 Å². The summed E-state index contributed by atoms with van der Waals surface area (Å²) in [6, 6.07) is 7.65. The SMILES string of the molecule is Cc1nnc(N2CCCC(C(=O)NCCCN3CCCC3)C2)c2nn(-c3ccc(Cl)cc3)c(C)c12. The van der Waals surface area contributed by atoms with E-state index >= 15 is 0 Å². The first kappa shape index (κ1) is 24.0. The number of amides is 1. The first-order valence-electron chi connectivity index (χ1n) is 12.7. The molecule has 2 aliphatic heterocycles. The van der Waals surface area contributed by atoms with E-state index in [2.05, 4.69) is 32.2 Å². The average molecular weight is 496 g/mol. The zero-order valence-corrected chi connectivity index (χ0v) is 21.4. The van der Waals surface area contributed by atoms with Crippen LogP contribution in [0.1, 0.15) is 43.5 Å². The van der Waals surface area contributed by atoms with Crippen LogP contribution in [0.15, 0.2) is 24.3 Å². The Morgan fingerprint density at radius 2 is 1.86 bits per heavy atom. The molecule has 2 aliphatic rings. The van der Waals surface area contributed by atoms with E-state index in [-0.39, 0.29) is 11.8 Å². The van der Waals surface area contributed by atoms with E-state index in [1.807, 2.05) is 35.9 Å². The Labute approximate surface area is 211 Å². The molecule has 2 aromatic heterocycles. The van der Waals surface area contributed by atoms with Gasteiger partial charge >= 0.3 is 0 Å². The number of carbonyl (C=O) groups is 1. The van der Waals surface area contributed by atoms with Crippen LogP contribution in [0.3, 0.4) is 0 Å². The van der Waals surface area contributed by atoms with E-state index in [1.165, 1.54) is 25.9 Å². The number of nitrogens with one attached hydrogen (secondary N) is 1. The van der Waals surface area contributed by atoms with E-state index in [1.54, 1.807) is 0 Å². The molecule has 2 fully saturated rings. The predicted octanol–water partition coefficient (Wildman–Crippen LogP) is 3.90. The number of halogens is 1. The van der Waals surface area contributed by atoms with Gasteiger partial charge in [-0.25, -0.2) is 4.68 Å². The maximum Gasteiger partial charge on any atom is 0.224 e. The number of fused-ring (bicyclic) bond motifs is 1. The van der Waals surface area contributed by atoms with Gasteiger partial charge in [-0.1, -0.05) is 11.6 Å². The Balaban J connectivity index is 1.31. The van der Waals surface area contributed by atoms with Crippen molar-refractivity contribution in [1.82, 2.24) is 30.2 Å². The van der Waals surface area contributed by atoms with Gasteiger partial charge in [-0.2, -0.15) is 10.2 Å². The monoisotopic (exact) mass is 495 g/mol. The highest BCUT2D eigenvalue weighted by atomic mass is 35.5. The van der Waals surface area contributed by atoms with Gasteiger partial charge in [0, 0.05) is 24.7 Å². The third-order valence-corrected chi connectivity index (χ3v) is 7.55. The van der Waals surface area contributed by atoms with Crippen molar-refractivity contribution < 1.29 is 4.79 Å². The minimum Gasteiger partial charge on any atom is -0.356 e. The molecule has 1 unspecified atom stereocenters. The molecule has 8 nitrogen and oxygen atoms in total. The molecule has 35 heavy (non-hydrogen) atoms. The molecule has 1 atom stereocenters. The maximum atomic E-state index is 12.9. The zero-order valence-electron chi connectivity index (χ0n) is 20.6. The second kappa shape index (κ2) is 10.5. The number of hydrogen-bond acceptors (Lipinski definition) is 6. The molecular weight excluding hydrogens is 462 g/mol. The number of carbonyl (C=O) groups excluding carboxylic acids is 1. The quantitative estimate of drug-likeness (QED) is 0.501. The predicted molar refractivity (Wildman–Crippen MR) is 139 cm³/mol. The molecule has 186 valence electrons. The van der Waals surface area contributed by atoms with Crippen LogP contribution < -0.4 is 10.2 Å². The molecule has 1 N–H and O–H groups in total. The van der Waals surface area contributed by atoms with Crippen molar-refractivity contribution >= 4 is 34.2 Å². The van der Waals surface area contributed by atoms with Gasteiger partial charge in [0.05, 0.1) is 28.4 Å². The second-order valence-corrected chi connectivity index (χ2v) is 10.2. The fraction of sp³-hybridized carbons (Fsp3) is 0.538. The van der Waals surface area contributed by atoms with E-state index in [0.717, 1.165) is 72.7 Å². The van der Waals surface area contributed by atoms with Gasteiger partial charge in [0.15, 0.2) is 5.82 Å². The van der Waals surface area contributed by atoms with E-state index in [9.17, 15) is 4.79 Å². The Kier molecular flexibility index (Phi) is 7.20. The lowest BCUT2D eigenvalue weighted by atomic mass is 9.97. The number of aromatic nitrogens is 4. The maximum absolute atomic E-state index is 12.9. The van der Waals surface area contributed by atoms with Crippen LogP contribution in [0.5, 0.6) is 0 Å². The molecule has 1 amide bonds. The molecule has 9 heteroatoms. The number of benzene rings is 1. The molecule has 0 spiro atoms. The van der Waals surface area contributed by atoms with Crippen molar-refractivity contribution in [2.45, 2.75) is 46.0 Å². The number of aryl methyl sites for hydroxylation is 2. The molecule has 2 saturated heterocycles. The lowest BCUT2D eigenvalue weighted by molar-refractivity contribution is -0.125. The number of rotatable bonds is 7. The average Bonchev–Trinajstić information content (AvgIpc) is 3.51. The molecule has 3 aromatic rings. The third kappa shape index (κ3) is 5.14. The fourth-order valence-electron chi connectivity index (χ4n) is 5.41. The third-order valence-electron chi connectivity index (χ3n) is 7.30. The minimum atomic E-state index is -0.0480. The summed E-state index contributed by atoms with van der Waals surface area (Å²) in [6.07, 6.45) is 5.45. The lowest BCUT2D eigenvalue weighted by Gasteiger charge is -2.32. The van der Waals surface area contributed by atoms with Crippen LogP contribution in [0.25, 0.3) is 16.6 Å². The van der Waals surface area contributed by atoms with Crippen molar-refractivity contribution in [3.63, 3.8) is 0 Å². The number of anilines is 1. The summed E-state index contributed by atoms with van der Waals surface area (Å²) in [5, 5.41) is 18.8. The molecule has 0 bridgehead atoms. The largest absolute Gasteiger partial charge is 0.356 e. The summed E-state index contributed by atoms with van der Waals surface area (Å²) >= 11 is 6.09. The van der Waals surface area contributed by atoms with Crippen LogP contribution in [0.4, 0.5) is 5.82 Å². The number of likely N-dealkylation sites (tertiary alicyclic amines) is 1. The van der Waals surface area contributed by atoms with Crippen LogP contribution >= 0.6 is 11.6 Å². The summed E-state index contributed by atoms with van der Waals surface area (Å²) in [5.41, 5.74) is 3.64. The van der Waals surface area contributed by atoms with Crippen molar-refractivity contribution in [3.8, 4) is 5.69 Å². The highest BCUT2D eigenvalue weighted by Gasteiger charge is 2.29. The Hall–Kier alpha value is -2.71. The minimum absolute atomic E-state index is 0.0480. The smallest absolute Gasteiger partial charge is 0.224 e. The molecule has 5 rings (SSSR count). The summed E-state index contributed by atoms with van der Waals surface area (Å²) in [5.74, 6) is 0.858. The molecule has 0 radical (unpaired) electrons. The summed E-state index contributed by atoms with van der Waals surface area (Å²) in [4.78, 5) is 17.6. The standard InChI is InChI=1S/C26H34ClN7O/c1-18-23-19(2)34(22-10-8-21(27)9-11-22)31-24(23)25(30-29-18)33-16-5-7-20(17-33)26(35)28-12-6-15-32-13-3-4-14-32/h8-11,20H,3-7,12-17H2,1-2H3,(H,28,35). The normalized spacial score (nSPS) is 18.9. The molecule has 0 aliphatic carbocycles.